The average Bonchev–Trinajstić information content (AvgIpc) is 2.29. The molecule has 0 aliphatic carbocycles. The zero-order chi connectivity index (χ0) is 9.35. The Kier molecular flexibility index (Phi) is 2.32. The van der Waals surface area contributed by atoms with Gasteiger partial charge in [-0.2, -0.15) is 13.2 Å². The van der Waals surface area contributed by atoms with Crippen molar-refractivity contribution < 1.29 is 13.2 Å². The Morgan fingerprint density at radius 1 is 1.42 bits per heavy atom. The van der Waals surface area contributed by atoms with Gasteiger partial charge in [-0.25, -0.2) is 5.01 Å². The fourth-order valence-corrected chi connectivity index (χ4v) is 1.29. The van der Waals surface area contributed by atoms with E-state index in [1.807, 2.05) is 0 Å². The van der Waals surface area contributed by atoms with E-state index in [1.165, 1.54) is 16.2 Å². The quantitative estimate of drug-likeness (QED) is 0.605. The van der Waals surface area contributed by atoms with Crippen LogP contribution in [0.15, 0.2) is 12.3 Å². The molecule has 0 bridgehead atoms. The van der Waals surface area contributed by atoms with E-state index in [2.05, 4.69) is 0 Å². The number of likely N-dealkylation sites (N-methyl/N-ethyl adjacent to an activating group) is 1. The van der Waals surface area contributed by atoms with Crippen LogP contribution >= 0.6 is 0 Å². The standard InChI is InChI=1S/C7H11F3N2/c1-3-12-6(7(8,9)10)4-5-11(12)2/h4-6H,3H2,1-2H3. The Bertz CT molecular complexity index is 188. The normalized spacial score (nSPS) is 25.4. The maximum atomic E-state index is 12.3. The molecule has 1 rings (SSSR count). The predicted molar refractivity (Wildman–Crippen MR) is 39.1 cm³/mol. The smallest absolute Gasteiger partial charge is 0.316 e. The minimum Gasteiger partial charge on any atom is -0.316 e. The highest BCUT2D eigenvalue weighted by Crippen LogP contribution is 2.29. The molecule has 1 atom stereocenters. The second-order valence-electron chi connectivity index (χ2n) is 2.66. The SMILES string of the molecule is CCN1C(C(F)(F)F)C=CN1C. The fourth-order valence-electron chi connectivity index (χ4n) is 1.29. The van der Waals surface area contributed by atoms with Gasteiger partial charge >= 0.3 is 6.18 Å². The van der Waals surface area contributed by atoms with E-state index in [0.717, 1.165) is 6.08 Å². The summed E-state index contributed by atoms with van der Waals surface area (Å²) in [5.41, 5.74) is 0. The highest BCUT2D eigenvalue weighted by atomic mass is 19.4. The molecule has 0 spiro atoms. The number of hydrogen-bond donors (Lipinski definition) is 0. The van der Waals surface area contributed by atoms with Crippen molar-refractivity contribution in [2.45, 2.75) is 19.1 Å². The lowest BCUT2D eigenvalue weighted by molar-refractivity contribution is -0.188. The zero-order valence-electron chi connectivity index (χ0n) is 6.97. The number of rotatable bonds is 1. The van der Waals surface area contributed by atoms with E-state index >= 15 is 0 Å². The van der Waals surface area contributed by atoms with E-state index in [9.17, 15) is 13.2 Å². The van der Waals surface area contributed by atoms with Gasteiger partial charge in [-0.15, -0.1) is 0 Å². The second kappa shape index (κ2) is 2.97. The molecule has 1 aliphatic rings. The number of hydrazine groups is 1. The lowest BCUT2D eigenvalue weighted by Crippen LogP contribution is -2.46. The molecule has 2 nitrogen and oxygen atoms in total. The van der Waals surface area contributed by atoms with Crippen LogP contribution in [0.1, 0.15) is 6.92 Å². The molecular weight excluding hydrogens is 169 g/mol. The molecular formula is C7H11F3N2. The third kappa shape index (κ3) is 1.55. The van der Waals surface area contributed by atoms with Gasteiger partial charge in [-0.3, -0.25) is 0 Å². The van der Waals surface area contributed by atoms with Crippen molar-refractivity contribution in [2.24, 2.45) is 0 Å². The molecule has 5 heteroatoms. The molecule has 0 N–H and O–H groups in total. The molecule has 0 aromatic carbocycles. The Labute approximate surface area is 69.2 Å². The van der Waals surface area contributed by atoms with Crippen molar-refractivity contribution in [3.05, 3.63) is 12.3 Å². The third-order valence-electron chi connectivity index (χ3n) is 1.87. The topological polar surface area (TPSA) is 6.48 Å². The van der Waals surface area contributed by atoms with Crippen molar-refractivity contribution in [3.63, 3.8) is 0 Å². The first-order valence-corrected chi connectivity index (χ1v) is 3.71. The van der Waals surface area contributed by atoms with E-state index in [1.54, 1.807) is 14.0 Å². The molecule has 0 radical (unpaired) electrons. The lowest BCUT2D eigenvalue weighted by Gasteiger charge is -2.30. The van der Waals surface area contributed by atoms with Crippen LogP contribution in [0.5, 0.6) is 0 Å². The fraction of sp³-hybridized carbons (Fsp3) is 0.714. The largest absolute Gasteiger partial charge is 0.409 e. The summed E-state index contributed by atoms with van der Waals surface area (Å²) < 4.78 is 36.8. The van der Waals surface area contributed by atoms with Gasteiger partial charge in [-0.05, 0) is 6.08 Å². The third-order valence-corrected chi connectivity index (χ3v) is 1.87. The van der Waals surface area contributed by atoms with Gasteiger partial charge in [0.2, 0.25) is 0 Å². The van der Waals surface area contributed by atoms with Gasteiger partial charge < -0.3 is 5.01 Å². The molecule has 0 saturated carbocycles. The van der Waals surface area contributed by atoms with Crippen LogP contribution in [0.4, 0.5) is 13.2 Å². The summed E-state index contributed by atoms with van der Waals surface area (Å²) in [7, 11) is 1.60. The molecule has 0 saturated heterocycles. The average molecular weight is 180 g/mol. The van der Waals surface area contributed by atoms with Gasteiger partial charge in [0.25, 0.3) is 0 Å². The Balaban J connectivity index is 2.73. The first-order chi connectivity index (χ1) is 5.46. The second-order valence-corrected chi connectivity index (χ2v) is 2.66. The van der Waals surface area contributed by atoms with Crippen molar-refractivity contribution in [1.82, 2.24) is 10.0 Å². The summed E-state index contributed by atoms with van der Waals surface area (Å²) in [5, 5.41) is 2.71. The monoisotopic (exact) mass is 180 g/mol. The van der Waals surface area contributed by atoms with Gasteiger partial charge in [-0.1, -0.05) is 6.92 Å². The molecule has 70 valence electrons. The Morgan fingerprint density at radius 2 is 2.00 bits per heavy atom. The number of hydrogen-bond acceptors (Lipinski definition) is 2. The molecule has 0 fully saturated rings. The van der Waals surface area contributed by atoms with E-state index < -0.39 is 12.2 Å². The summed E-state index contributed by atoms with van der Waals surface area (Å²) in [5.74, 6) is 0. The van der Waals surface area contributed by atoms with Crippen LogP contribution in [0, 0.1) is 0 Å². The molecule has 0 aromatic heterocycles. The van der Waals surface area contributed by atoms with Crippen LogP contribution in [0.2, 0.25) is 0 Å². The molecule has 12 heavy (non-hydrogen) atoms. The number of halogens is 3. The van der Waals surface area contributed by atoms with Crippen molar-refractivity contribution in [1.29, 1.82) is 0 Å². The lowest BCUT2D eigenvalue weighted by atomic mass is 10.3. The van der Waals surface area contributed by atoms with Crippen LogP contribution in [-0.2, 0) is 0 Å². The first-order valence-electron chi connectivity index (χ1n) is 3.71. The number of alkyl halides is 3. The maximum Gasteiger partial charge on any atom is 0.409 e. The number of nitrogens with zero attached hydrogens (tertiary/aromatic N) is 2. The molecule has 1 unspecified atom stereocenters. The maximum absolute atomic E-state index is 12.3. The van der Waals surface area contributed by atoms with Crippen LogP contribution in [0.25, 0.3) is 0 Å². The van der Waals surface area contributed by atoms with Crippen molar-refractivity contribution in [3.8, 4) is 0 Å². The first kappa shape index (κ1) is 9.38. The molecule has 0 amide bonds. The highest BCUT2D eigenvalue weighted by Gasteiger charge is 2.44. The van der Waals surface area contributed by atoms with Crippen LogP contribution in [0.3, 0.4) is 0 Å². The summed E-state index contributed by atoms with van der Waals surface area (Å²) in [6, 6.07) is -1.45. The van der Waals surface area contributed by atoms with Crippen LogP contribution in [-0.4, -0.2) is 35.8 Å². The molecule has 0 aromatic rings. The zero-order valence-corrected chi connectivity index (χ0v) is 6.97. The minimum absolute atomic E-state index is 0.355. The minimum atomic E-state index is -4.17. The van der Waals surface area contributed by atoms with Gasteiger partial charge in [0.1, 0.15) is 6.04 Å². The summed E-state index contributed by atoms with van der Waals surface area (Å²) in [6.07, 6.45) is -1.58. The van der Waals surface area contributed by atoms with E-state index in [0.29, 0.717) is 6.54 Å². The van der Waals surface area contributed by atoms with E-state index in [-0.39, 0.29) is 0 Å². The van der Waals surface area contributed by atoms with Gasteiger partial charge in [0.05, 0.1) is 0 Å². The Morgan fingerprint density at radius 3 is 2.33 bits per heavy atom. The van der Waals surface area contributed by atoms with Gasteiger partial charge in [0.15, 0.2) is 0 Å². The Hall–Kier alpha value is -0.710. The summed E-state index contributed by atoms with van der Waals surface area (Å²) in [6.45, 7) is 2.05. The van der Waals surface area contributed by atoms with Crippen molar-refractivity contribution >= 4 is 0 Å². The van der Waals surface area contributed by atoms with E-state index in [4.69, 9.17) is 0 Å². The molecule has 1 aliphatic heterocycles. The van der Waals surface area contributed by atoms with Gasteiger partial charge in [0, 0.05) is 19.8 Å². The van der Waals surface area contributed by atoms with Crippen LogP contribution < -0.4 is 0 Å². The predicted octanol–water partition coefficient (Wildman–Crippen LogP) is 1.61. The summed E-state index contributed by atoms with van der Waals surface area (Å²) in [4.78, 5) is 0. The highest BCUT2D eigenvalue weighted by molar-refractivity contribution is 5.02. The molecule has 1 heterocycles. The van der Waals surface area contributed by atoms with Crippen molar-refractivity contribution in [2.75, 3.05) is 13.6 Å². The summed E-state index contributed by atoms with van der Waals surface area (Å²) >= 11 is 0.